The van der Waals surface area contributed by atoms with Crippen molar-refractivity contribution in [1.29, 1.82) is 0 Å². The summed E-state index contributed by atoms with van der Waals surface area (Å²) in [5, 5.41) is 0. The third-order valence-corrected chi connectivity index (χ3v) is 4.96. The van der Waals surface area contributed by atoms with Gasteiger partial charge in [0.25, 0.3) is 0 Å². The molecule has 1 radical (unpaired) electrons. The Morgan fingerprint density at radius 2 is 1.04 bits per heavy atom. The van der Waals surface area contributed by atoms with Crippen LogP contribution in [0.15, 0.2) is 66.7 Å². The number of hydrogen-bond acceptors (Lipinski definition) is 0. The van der Waals surface area contributed by atoms with Gasteiger partial charge in [-0.05, 0) is 50.3 Å². The minimum atomic E-state index is 0.171. The summed E-state index contributed by atoms with van der Waals surface area (Å²) >= 11 is 0. The van der Waals surface area contributed by atoms with Crippen LogP contribution in [0.5, 0.6) is 0 Å². The van der Waals surface area contributed by atoms with Crippen LogP contribution in [0.3, 0.4) is 0 Å². The lowest BCUT2D eigenvalue weighted by Crippen LogP contribution is -2.10. The first kappa shape index (κ1) is 18.5. The molecule has 0 nitrogen and oxygen atoms in total. The smallest absolute Gasteiger partial charge is 0.00266 e. The van der Waals surface area contributed by atoms with Gasteiger partial charge in [0.05, 0.1) is 0 Å². The van der Waals surface area contributed by atoms with Gasteiger partial charge in [0.2, 0.25) is 0 Å². The Bertz CT molecular complexity index is 791. The maximum Gasteiger partial charge on any atom is -0.00266 e. The first-order valence-electron chi connectivity index (χ1n) is 9.39. The van der Waals surface area contributed by atoms with Crippen molar-refractivity contribution in [2.24, 2.45) is 0 Å². The van der Waals surface area contributed by atoms with E-state index in [4.69, 9.17) is 0 Å². The largest absolute Gasteiger partial charge is 0.0610 e. The average Bonchev–Trinajstić information content (AvgIpc) is 2.60. The van der Waals surface area contributed by atoms with Crippen molar-refractivity contribution in [3.05, 3.63) is 83.9 Å². The van der Waals surface area contributed by atoms with Gasteiger partial charge < -0.3 is 0 Å². The van der Waals surface area contributed by atoms with Gasteiger partial charge in [-0.1, -0.05) is 108 Å². The summed E-state index contributed by atoms with van der Waals surface area (Å²) in [6.45, 7) is 13.5. The zero-order valence-electron chi connectivity index (χ0n) is 16.9. The average molecular weight is 342 g/mol. The molecule has 0 saturated carbocycles. The van der Waals surface area contributed by atoms with E-state index in [1.54, 1.807) is 0 Å². The first-order chi connectivity index (χ1) is 12.2. The predicted molar refractivity (Wildman–Crippen MR) is 114 cm³/mol. The fraction of sp³-hybridized carbons (Fsp3) is 0.308. The topological polar surface area (TPSA) is 0 Å². The minimum absolute atomic E-state index is 0.171. The third kappa shape index (κ3) is 3.90. The molecular weight excluding hydrogens is 312 g/mol. The molecule has 0 aliphatic rings. The van der Waals surface area contributed by atoms with Gasteiger partial charge in [-0.2, -0.15) is 0 Å². The zero-order valence-corrected chi connectivity index (χ0v) is 16.9. The lowest BCUT2D eigenvalue weighted by atomic mass is 9.84. The molecule has 3 aromatic carbocycles. The summed E-state index contributed by atoms with van der Waals surface area (Å²) in [4.78, 5) is 0. The van der Waals surface area contributed by atoms with Crippen LogP contribution >= 0.6 is 0 Å². The lowest BCUT2D eigenvalue weighted by molar-refractivity contribution is 0.590. The Balaban J connectivity index is 2.01. The Labute approximate surface area is 158 Å². The molecule has 0 aliphatic heterocycles. The number of hydrogen-bond donors (Lipinski definition) is 0. The van der Waals surface area contributed by atoms with Crippen molar-refractivity contribution in [2.75, 3.05) is 0 Å². The monoisotopic (exact) mass is 341 g/mol. The van der Waals surface area contributed by atoms with Crippen LogP contribution in [0.1, 0.15) is 52.7 Å². The molecule has 0 heteroatoms. The second kappa shape index (κ2) is 6.76. The summed E-state index contributed by atoms with van der Waals surface area (Å²) in [6.07, 6.45) is 0. The summed E-state index contributed by atoms with van der Waals surface area (Å²) < 4.78 is 0. The number of benzene rings is 3. The standard InChI is InChI=1S/C26H29/c1-25(2,3)21-15-11-19(12-16-21)23-9-7-8-10-24(23)20-13-17-22(18-14-20)26(4,5)6/h7-9,11-18H,1-6H3. The van der Waals surface area contributed by atoms with Crippen molar-refractivity contribution in [3.63, 3.8) is 0 Å². The van der Waals surface area contributed by atoms with E-state index in [0.717, 1.165) is 5.56 Å². The van der Waals surface area contributed by atoms with Gasteiger partial charge in [-0.25, -0.2) is 0 Å². The second-order valence-electron chi connectivity index (χ2n) is 9.11. The predicted octanol–water partition coefficient (Wildman–Crippen LogP) is 7.42. The molecule has 0 atom stereocenters. The molecular formula is C26H29. The molecule has 0 bridgehead atoms. The SMILES string of the molecule is CC(C)(C)c1ccc(-c2[c]cccc2-c2ccc(C(C)(C)C)cc2)cc1. The van der Waals surface area contributed by atoms with E-state index in [1.165, 1.54) is 27.8 Å². The molecule has 0 fully saturated rings. The van der Waals surface area contributed by atoms with E-state index in [-0.39, 0.29) is 10.8 Å². The highest BCUT2D eigenvalue weighted by molar-refractivity contribution is 5.83. The van der Waals surface area contributed by atoms with E-state index >= 15 is 0 Å². The van der Waals surface area contributed by atoms with Crippen molar-refractivity contribution >= 4 is 0 Å². The molecule has 0 aromatic heterocycles. The van der Waals surface area contributed by atoms with Crippen molar-refractivity contribution in [2.45, 2.75) is 52.4 Å². The Morgan fingerprint density at radius 3 is 1.50 bits per heavy atom. The van der Waals surface area contributed by atoms with Gasteiger partial charge in [0.1, 0.15) is 0 Å². The van der Waals surface area contributed by atoms with E-state index < -0.39 is 0 Å². The Hall–Kier alpha value is -2.34. The first-order valence-corrected chi connectivity index (χ1v) is 9.39. The maximum atomic E-state index is 3.45. The molecule has 0 saturated heterocycles. The molecule has 0 unspecified atom stereocenters. The normalized spacial score (nSPS) is 12.2. The van der Waals surface area contributed by atoms with Gasteiger partial charge in [-0.3, -0.25) is 0 Å². The van der Waals surface area contributed by atoms with Gasteiger partial charge >= 0.3 is 0 Å². The highest BCUT2D eigenvalue weighted by Gasteiger charge is 2.15. The molecule has 133 valence electrons. The fourth-order valence-corrected chi connectivity index (χ4v) is 3.20. The van der Waals surface area contributed by atoms with E-state index in [0.29, 0.717) is 0 Å². The molecule has 0 aliphatic carbocycles. The maximum absolute atomic E-state index is 3.45. The van der Waals surface area contributed by atoms with Crippen molar-refractivity contribution < 1.29 is 0 Å². The van der Waals surface area contributed by atoms with E-state index in [1.807, 2.05) is 6.07 Å². The quantitative estimate of drug-likeness (QED) is 0.455. The van der Waals surface area contributed by atoms with Gasteiger partial charge in [-0.15, -0.1) is 0 Å². The van der Waals surface area contributed by atoms with Crippen LogP contribution in [0, 0.1) is 6.07 Å². The van der Waals surface area contributed by atoms with Crippen LogP contribution in [0.25, 0.3) is 22.3 Å². The van der Waals surface area contributed by atoms with Crippen LogP contribution < -0.4 is 0 Å². The lowest BCUT2D eigenvalue weighted by Gasteiger charge is -2.20. The summed E-state index contributed by atoms with van der Waals surface area (Å²) in [6, 6.07) is 27.6. The molecule has 26 heavy (non-hydrogen) atoms. The fourth-order valence-electron chi connectivity index (χ4n) is 3.20. The highest BCUT2D eigenvalue weighted by atomic mass is 14.2. The number of rotatable bonds is 2. The summed E-state index contributed by atoms with van der Waals surface area (Å²) in [5.41, 5.74) is 7.91. The zero-order chi connectivity index (χ0) is 18.9. The Kier molecular flexibility index (Phi) is 4.80. The molecule has 3 aromatic rings. The molecule has 0 heterocycles. The van der Waals surface area contributed by atoms with E-state index in [2.05, 4.69) is 108 Å². The van der Waals surface area contributed by atoms with Gasteiger partial charge in [0, 0.05) is 0 Å². The van der Waals surface area contributed by atoms with Crippen LogP contribution in [0.4, 0.5) is 0 Å². The third-order valence-electron chi connectivity index (χ3n) is 4.96. The Morgan fingerprint density at radius 1 is 0.577 bits per heavy atom. The minimum Gasteiger partial charge on any atom is -0.0610 e. The van der Waals surface area contributed by atoms with Crippen LogP contribution in [0.2, 0.25) is 0 Å². The highest BCUT2D eigenvalue weighted by Crippen LogP contribution is 2.34. The van der Waals surface area contributed by atoms with Crippen LogP contribution in [-0.4, -0.2) is 0 Å². The molecule has 0 amide bonds. The summed E-state index contributed by atoms with van der Waals surface area (Å²) in [5.74, 6) is 0. The van der Waals surface area contributed by atoms with Crippen LogP contribution in [-0.2, 0) is 10.8 Å². The van der Waals surface area contributed by atoms with E-state index in [9.17, 15) is 0 Å². The molecule has 3 rings (SSSR count). The van der Waals surface area contributed by atoms with Crippen molar-refractivity contribution in [1.82, 2.24) is 0 Å². The summed E-state index contributed by atoms with van der Waals surface area (Å²) in [7, 11) is 0. The van der Waals surface area contributed by atoms with Gasteiger partial charge in [0.15, 0.2) is 0 Å². The molecule has 0 N–H and O–H groups in total. The molecule has 0 spiro atoms. The van der Waals surface area contributed by atoms with Crippen molar-refractivity contribution in [3.8, 4) is 22.3 Å². The second-order valence-corrected chi connectivity index (χ2v) is 9.11.